The highest BCUT2D eigenvalue weighted by Crippen LogP contribution is 2.35. The molecule has 0 aliphatic carbocycles. The van der Waals surface area contributed by atoms with E-state index >= 15 is 0 Å². The van der Waals surface area contributed by atoms with Gasteiger partial charge in [0.05, 0.1) is 12.3 Å². The fraction of sp³-hybridized carbons (Fsp3) is 0.500. The van der Waals surface area contributed by atoms with Crippen molar-refractivity contribution in [2.24, 2.45) is 0 Å². The number of hydrogen-bond acceptors (Lipinski definition) is 5. The highest BCUT2D eigenvalue weighted by molar-refractivity contribution is 6.05. The average Bonchev–Trinajstić information content (AvgIpc) is 2.57. The van der Waals surface area contributed by atoms with Crippen molar-refractivity contribution < 1.29 is 23.9 Å². The maximum atomic E-state index is 12.4. The van der Waals surface area contributed by atoms with Gasteiger partial charge in [0.15, 0.2) is 12.4 Å². The first-order chi connectivity index (χ1) is 11.5. The topological polar surface area (TPSA) is 72.9 Å². The molecule has 0 radical (unpaired) electrons. The van der Waals surface area contributed by atoms with Gasteiger partial charge >= 0.3 is 5.97 Å². The van der Waals surface area contributed by atoms with Gasteiger partial charge in [0, 0.05) is 12.0 Å². The van der Waals surface area contributed by atoms with E-state index in [4.69, 9.17) is 9.47 Å². The summed E-state index contributed by atoms with van der Waals surface area (Å²) in [5.74, 6) is -0.276. The maximum absolute atomic E-state index is 12.4. The molecule has 1 unspecified atom stereocenters. The van der Waals surface area contributed by atoms with Crippen molar-refractivity contribution in [3.8, 4) is 5.75 Å². The van der Waals surface area contributed by atoms with Gasteiger partial charge in [-0.1, -0.05) is 13.8 Å². The molecule has 1 heterocycles. The molecule has 130 valence electrons. The van der Waals surface area contributed by atoms with Crippen LogP contribution in [0.1, 0.15) is 50.4 Å². The molecule has 0 aromatic heterocycles. The summed E-state index contributed by atoms with van der Waals surface area (Å²) in [5.41, 5.74) is 0.964. The Morgan fingerprint density at radius 3 is 2.67 bits per heavy atom. The molecule has 0 spiro atoms. The molecule has 0 fully saturated rings. The van der Waals surface area contributed by atoms with E-state index in [1.165, 1.54) is 4.90 Å². The minimum atomic E-state index is -0.725. The normalized spacial score (nSPS) is 14.6. The van der Waals surface area contributed by atoms with Crippen LogP contribution in [0.4, 0.5) is 5.69 Å². The van der Waals surface area contributed by atoms with E-state index in [0.29, 0.717) is 29.8 Å². The van der Waals surface area contributed by atoms with Gasteiger partial charge in [0.2, 0.25) is 0 Å². The summed E-state index contributed by atoms with van der Waals surface area (Å²) in [7, 11) is 0. The molecule has 0 bridgehead atoms. The van der Waals surface area contributed by atoms with Crippen LogP contribution in [0.25, 0.3) is 0 Å². The second kappa shape index (κ2) is 7.95. The van der Waals surface area contributed by atoms with Gasteiger partial charge in [-0.2, -0.15) is 0 Å². The lowest BCUT2D eigenvalue weighted by Crippen LogP contribution is -2.49. The Labute approximate surface area is 141 Å². The predicted octanol–water partition coefficient (Wildman–Crippen LogP) is 2.74. The molecule has 0 saturated heterocycles. The predicted molar refractivity (Wildman–Crippen MR) is 89.4 cm³/mol. The van der Waals surface area contributed by atoms with Gasteiger partial charge in [0.25, 0.3) is 5.91 Å². The van der Waals surface area contributed by atoms with E-state index in [0.717, 1.165) is 6.42 Å². The number of ether oxygens (including phenoxy) is 2. The van der Waals surface area contributed by atoms with Crippen LogP contribution >= 0.6 is 0 Å². The molecule has 24 heavy (non-hydrogen) atoms. The van der Waals surface area contributed by atoms with Crippen molar-refractivity contribution in [1.29, 1.82) is 0 Å². The van der Waals surface area contributed by atoms with Crippen molar-refractivity contribution in [2.75, 3.05) is 18.1 Å². The Bertz CT molecular complexity index is 640. The van der Waals surface area contributed by atoms with Crippen LogP contribution in [0.3, 0.4) is 0 Å². The van der Waals surface area contributed by atoms with Crippen molar-refractivity contribution in [3.63, 3.8) is 0 Å². The number of rotatable bonds is 7. The minimum absolute atomic E-state index is 0.00227. The van der Waals surface area contributed by atoms with E-state index in [1.54, 1.807) is 25.1 Å². The van der Waals surface area contributed by atoms with Crippen molar-refractivity contribution in [1.82, 2.24) is 0 Å². The smallest absolute Gasteiger partial charge is 0.329 e. The highest BCUT2D eigenvalue weighted by Gasteiger charge is 2.36. The van der Waals surface area contributed by atoms with Crippen molar-refractivity contribution in [3.05, 3.63) is 23.8 Å². The molecule has 6 heteroatoms. The summed E-state index contributed by atoms with van der Waals surface area (Å²) in [5, 5.41) is 0. The first-order valence-electron chi connectivity index (χ1n) is 8.32. The summed E-state index contributed by atoms with van der Waals surface area (Å²) >= 11 is 0. The van der Waals surface area contributed by atoms with E-state index in [1.807, 2.05) is 13.8 Å². The number of ketones is 1. The lowest BCUT2D eigenvalue weighted by atomic mass is 10.0. The van der Waals surface area contributed by atoms with Crippen LogP contribution in [-0.4, -0.2) is 36.9 Å². The summed E-state index contributed by atoms with van der Waals surface area (Å²) in [6.07, 6.45) is 1.59. The van der Waals surface area contributed by atoms with Crippen LogP contribution in [0.2, 0.25) is 0 Å². The maximum Gasteiger partial charge on any atom is 0.329 e. The van der Waals surface area contributed by atoms with Crippen molar-refractivity contribution in [2.45, 2.75) is 46.1 Å². The number of nitrogens with zero attached hydrogens (tertiary/aromatic N) is 1. The molecule has 1 aromatic rings. The molecule has 6 nitrogen and oxygen atoms in total. The van der Waals surface area contributed by atoms with Crippen LogP contribution in [0, 0.1) is 0 Å². The molecule has 2 rings (SSSR count). The van der Waals surface area contributed by atoms with Crippen molar-refractivity contribution >= 4 is 23.3 Å². The van der Waals surface area contributed by atoms with E-state index in [-0.39, 0.29) is 24.9 Å². The average molecular weight is 333 g/mol. The molecule has 1 aromatic carbocycles. The highest BCUT2D eigenvalue weighted by atomic mass is 16.5. The number of esters is 1. The van der Waals surface area contributed by atoms with Gasteiger partial charge < -0.3 is 9.47 Å². The van der Waals surface area contributed by atoms with E-state index < -0.39 is 12.0 Å². The zero-order valence-corrected chi connectivity index (χ0v) is 14.3. The largest absolute Gasteiger partial charge is 0.482 e. The van der Waals surface area contributed by atoms with Gasteiger partial charge in [0.1, 0.15) is 11.8 Å². The number of hydrogen-bond donors (Lipinski definition) is 0. The van der Waals surface area contributed by atoms with Crippen LogP contribution in [-0.2, 0) is 14.3 Å². The van der Waals surface area contributed by atoms with Crippen LogP contribution < -0.4 is 9.64 Å². The number of anilines is 1. The first-order valence-corrected chi connectivity index (χ1v) is 8.32. The van der Waals surface area contributed by atoms with E-state index in [9.17, 15) is 14.4 Å². The molecule has 0 N–H and O–H groups in total. The quantitative estimate of drug-likeness (QED) is 0.567. The second-order valence-electron chi connectivity index (χ2n) is 5.58. The van der Waals surface area contributed by atoms with Gasteiger partial charge in [-0.05, 0) is 38.0 Å². The number of carbonyl (C=O) groups is 3. The third kappa shape index (κ3) is 3.58. The molecular weight excluding hydrogens is 310 g/mol. The summed E-state index contributed by atoms with van der Waals surface area (Å²) in [4.78, 5) is 38.2. The van der Waals surface area contributed by atoms with Gasteiger partial charge in [-0.25, -0.2) is 4.79 Å². The standard InChI is InChI=1S/C18H23NO5/c1-4-7-15(20)12-8-9-16-14(10-12)19(17(21)11-24-16)13(5-2)18(22)23-6-3/h8-10,13H,4-7,11H2,1-3H3. The van der Waals surface area contributed by atoms with Crippen LogP contribution in [0.15, 0.2) is 18.2 Å². The molecule has 1 atom stereocenters. The molecule has 0 saturated carbocycles. The molecule has 1 aliphatic heterocycles. The third-order valence-electron chi connectivity index (χ3n) is 3.89. The van der Waals surface area contributed by atoms with Gasteiger partial charge in [-0.3, -0.25) is 14.5 Å². The SMILES string of the molecule is CCCC(=O)c1ccc2c(c1)N(C(CC)C(=O)OCC)C(=O)CO2. The zero-order chi connectivity index (χ0) is 17.7. The number of benzene rings is 1. The Morgan fingerprint density at radius 2 is 2.04 bits per heavy atom. The Balaban J connectivity index is 2.43. The van der Waals surface area contributed by atoms with E-state index in [2.05, 4.69) is 0 Å². The first kappa shape index (κ1) is 18.0. The lowest BCUT2D eigenvalue weighted by Gasteiger charge is -2.34. The Kier molecular flexibility index (Phi) is 5.95. The van der Waals surface area contributed by atoms with Crippen LogP contribution in [0.5, 0.6) is 5.75 Å². The summed E-state index contributed by atoms with van der Waals surface area (Å²) < 4.78 is 10.5. The Morgan fingerprint density at radius 1 is 1.29 bits per heavy atom. The number of Topliss-reactive ketones (excluding diaryl/α,β-unsaturated/α-hetero) is 1. The minimum Gasteiger partial charge on any atom is -0.482 e. The lowest BCUT2D eigenvalue weighted by molar-refractivity contribution is -0.146. The monoisotopic (exact) mass is 333 g/mol. The summed E-state index contributed by atoms with van der Waals surface area (Å²) in [6, 6.07) is 4.27. The third-order valence-corrected chi connectivity index (χ3v) is 3.89. The Hall–Kier alpha value is -2.37. The molecular formula is C18H23NO5. The fourth-order valence-corrected chi connectivity index (χ4v) is 2.75. The molecule has 1 aliphatic rings. The summed E-state index contributed by atoms with van der Waals surface area (Å²) in [6.45, 7) is 5.58. The van der Waals surface area contributed by atoms with Gasteiger partial charge in [-0.15, -0.1) is 0 Å². The second-order valence-corrected chi connectivity index (χ2v) is 5.58. The number of carbonyl (C=O) groups excluding carboxylic acids is 3. The number of fused-ring (bicyclic) bond motifs is 1. The zero-order valence-electron chi connectivity index (χ0n) is 14.3. The fourth-order valence-electron chi connectivity index (χ4n) is 2.75. The number of amides is 1. The molecule has 1 amide bonds.